The molecule has 0 saturated carbocycles. The zero-order chi connectivity index (χ0) is 26.4. The first-order valence-corrected chi connectivity index (χ1v) is 12.6. The number of carbonyl (C=O) groups excluding carboxylic acids is 2. The Bertz CT molecular complexity index is 1480. The van der Waals surface area contributed by atoms with Crippen LogP contribution in [-0.2, 0) is 19.7 Å². The van der Waals surface area contributed by atoms with Crippen LogP contribution in [0.4, 0.5) is 8.78 Å². The highest BCUT2D eigenvalue weighted by atomic mass is 31.0. The lowest BCUT2D eigenvalue weighted by Gasteiger charge is -2.36. The maximum atomic E-state index is 14.1. The molecule has 1 N–H and O–H groups in total. The normalized spacial score (nSPS) is 19.6. The third-order valence-corrected chi connectivity index (χ3v) is 7.56. The monoisotopic (exact) mass is 554 g/mol. The van der Waals surface area contributed by atoms with E-state index in [2.05, 4.69) is 10.2 Å². The molecule has 3 aliphatic heterocycles. The van der Waals surface area contributed by atoms with Crippen molar-refractivity contribution in [2.75, 3.05) is 13.1 Å². The number of benzene rings is 2. The molecule has 39 heavy (non-hydrogen) atoms. The Balaban J connectivity index is 0.00000308. The van der Waals surface area contributed by atoms with Gasteiger partial charge >= 0.3 is 0 Å². The van der Waals surface area contributed by atoms with Crippen LogP contribution in [0, 0.1) is 11.6 Å². The summed E-state index contributed by atoms with van der Waals surface area (Å²) in [5.74, 6) is -2.73. The van der Waals surface area contributed by atoms with E-state index in [-0.39, 0.29) is 63.7 Å². The van der Waals surface area contributed by atoms with E-state index in [0.717, 1.165) is 37.1 Å². The first-order valence-electron chi connectivity index (χ1n) is 12.6. The molecule has 1 aromatic heterocycles. The lowest BCUT2D eigenvalue weighted by molar-refractivity contribution is 0.0510. The van der Waals surface area contributed by atoms with Crippen LogP contribution in [0.5, 0.6) is 5.75 Å². The third-order valence-electron chi connectivity index (χ3n) is 7.56. The summed E-state index contributed by atoms with van der Waals surface area (Å²) >= 11 is 0. The highest BCUT2D eigenvalue weighted by molar-refractivity contribution is 6.92. The fourth-order valence-corrected chi connectivity index (χ4v) is 5.67. The zero-order valence-electron chi connectivity index (χ0n) is 21.2. The van der Waals surface area contributed by atoms with Crippen LogP contribution in [0.2, 0.25) is 0 Å². The van der Waals surface area contributed by atoms with Gasteiger partial charge in [0.25, 0.3) is 11.8 Å². The molecule has 8 nitrogen and oxygen atoms in total. The molecule has 6 rings (SSSR count). The number of pyridine rings is 1. The summed E-state index contributed by atoms with van der Waals surface area (Å²) < 4.78 is 34.9. The number of carbonyl (C=O) groups is 2. The fourth-order valence-electron chi connectivity index (χ4n) is 5.67. The molecule has 0 spiro atoms. The van der Waals surface area contributed by atoms with E-state index in [1.165, 1.54) is 12.3 Å². The molecular formula is C28H29F2N4O4P. The summed E-state index contributed by atoms with van der Waals surface area (Å²) in [5.41, 5.74) is 0.0854. The summed E-state index contributed by atoms with van der Waals surface area (Å²) in [7, 11) is 0. The van der Waals surface area contributed by atoms with Crippen molar-refractivity contribution in [3.8, 4) is 5.75 Å². The van der Waals surface area contributed by atoms with Crippen LogP contribution in [-0.4, -0.2) is 51.5 Å². The van der Waals surface area contributed by atoms with Crippen molar-refractivity contribution in [3.63, 3.8) is 0 Å². The molecule has 0 bridgehead atoms. The van der Waals surface area contributed by atoms with Crippen molar-refractivity contribution in [1.82, 2.24) is 19.7 Å². The van der Waals surface area contributed by atoms with Gasteiger partial charge in [-0.15, -0.1) is 0 Å². The lowest BCUT2D eigenvalue weighted by Crippen LogP contribution is -2.50. The minimum atomic E-state index is -0.800. The fraction of sp³-hybridized carbons (Fsp3) is 0.321. The van der Waals surface area contributed by atoms with Crippen molar-refractivity contribution in [1.29, 1.82) is 0 Å². The predicted octanol–water partition coefficient (Wildman–Crippen LogP) is 2.95. The third kappa shape index (κ3) is 4.94. The van der Waals surface area contributed by atoms with Gasteiger partial charge in [-0.05, 0) is 24.5 Å². The average Bonchev–Trinajstić information content (AvgIpc) is 3.51. The largest absolute Gasteiger partial charge is 0.483 e. The molecule has 3 aromatic rings. The van der Waals surface area contributed by atoms with Gasteiger partial charge in [0.1, 0.15) is 30.0 Å². The second-order valence-electron chi connectivity index (χ2n) is 9.87. The van der Waals surface area contributed by atoms with Crippen LogP contribution in [0.15, 0.2) is 59.5 Å². The van der Waals surface area contributed by atoms with E-state index in [4.69, 9.17) is 4.74 Å². The van der Waals surface area contributed by atoms with Crippen molar-refractivity contribution in [2.24, 2.45) is 0 Å². The number of rotatable bonds is 6. The highest BCUT2D eigenvalue weighted by Gasteiger charge is 2.48. The van der Waals surface area contributed by atoms with Gasteiger partial charge in [-0.1, -0.05) is 36.4 Å². The second kappa shape index (κ2) is 10.9. The van der Waals surface area contributed by atoms with Gasteiger partial charge in [-0.3, -0.25) is 19.3 Å². The number of aromatic nitrogens is 1. The van der Waals surface area contributed by atoms with Crippen LogP contribution < -0.4 is 15.5 Å². The molecule has 3 atom stereocenters. The van der Waals surface area contributed by atoms with Gasteiger partial charge in [0.2, 0.25) is 5.43 Å². The topological polar surface area (TPSA) is 83.9 Å². The summed E-state index contributed by atoms with van der Waals surface area (Å²) in [6.45, 7) is 1.69. The molecule has 4 heterocycles. The Hall–Kier alpha value is -3.62. The first-order chi connectivity index (χ1) is 18.4. The Labute approximate surface area is 227 Å². The van der Waals surface area contributed by atoms with Gasteiger partial charge in [-0.25, -0.2) is 8.78 Å². The van der Waals surface area contributed by atoms with Crippen molar-refractivity contribution < 1.29 is 23.1 Å². The molecule has 204 valence electrons. The Morgan fingerprint density at radius 1 is 1.08 bits per heavy atom. The molecule has 3 unspecified atom stereocenters. The second-order valence-corrected chi connectivity index (χ2v) is 9.87. The summed E-state index contributed by atoms with van der Waals surface area (Å²) in [4.78, 5) is 44.5. The van der Waals surface area contributed by atoms with Gasteiger partial charge < -0.3 is 19.5 Å². The van der Waals surface area contributed by atoms with Crippen LogP contribution >= 0.6 is 9.90 Å². The van der Waals surface area contributed by atoms with Gasteiger partial charge in [0, 0.05) is 43.5 Å². The number of hydrogen-bond donors (Lipinski definition) is 1. The SMILES string of the molecule is O=C(NCc1ccc(F)cc1F)c1cn2c(c(OCc3ccccc3)c1=O)C(=O)N1CC3CCCN3C1C2.P. The molecule has 0 radical (unpaired) electrons. The van der Waals surface area contributed by atoms with E-state index >= 15 is 0 Å². The summed E-state index contributed by atoms with van der Waals surface area (Å²) in [6, 6.07) is 12.6. The standard InChI is InChI=1S/C28H26F2N4O4.H3P/c29-19-9-8-18(22(30)11-19)12-31-27(36)21-14-32-15-23-33-10-4-7-20(33)13-34(23)28(37)24(32)26(25(21)35)38-16-17-5-2-1-3-6-17;/h1-3,5-6,8-9,11,14,20,23H,4,7,10,12-13,15-16H2,(H,31,36);1H3. The van der Waals surface area contributed by atoms with E-state index in [1.807, 2.05) is 30.3 Å². The van der Waals surface area contributed by atoms with Gasteiger partial charge in [0.05, 0.1) is 6.54 Å². The number of hydrogen-bond acceptors (Lipinski definition) is 5. The molecule has 2 aromatic carbocycles. The van der Waals surface area contributed by atoms with Crippen LogP contribution in [0.25, 0.3) is 0 Å². The number of nitrogens with zero attached hydrogens (tertiary/aromatic N) is 3. The first kappa shape index (κ1) is 27.0. The minimum Gasteiger partial charge on any atom is -0.483 e. The van der Waals surface area contributed by atoms with Crippen molar-refractivity contribution >= 4 is 21.7 Å². The molecule has 2 saturated heterocycles. The number of amides is 2. The Morgan fingerprint density at radius 2 is 1.87 bits per heavy atom. The number of halogens is 2. The maximum Gasteiger partial charge on any atom is 0.275 e. The molecule has 2 fully saturated rings. The van der Waals surface area contributed by atoms with E-state index in [0.29, 0.717) is 13.1 Å². The minimum absolute atomic E-state index is 0. The van der Waals surface area contributed by atoms with Gasteiger partial charge in [0.15, 0.2) is 11.4 Å². The molecule has 2 amide bonds. The number of ether oxygens (including phenoxy) is 1. The van der Waals surface area contributed by atoms with Crippen molar-refractivity contribution in [3.05, 3.63) is 99.0 Å². The smallest absolute Gasteiger partial charge is 0.275 e. The Kier molecular flexibility index (Phi) is 7.51. The predicted molar refractivity (Wildman–Crippen MR) is 145 cm³/mol. The lowest BCUT2D eigenvalue weighted by atomic mass is 10.1. The summed E-state index contributed by atoms with van der Waals surface area (Å²) in [5, 5.41) is 2.54. The maximum absolute atomic E-state index is 14.1. The number of fused-ring (bicyclic) bond motifs is 4. The molecule has 3 aliphatic rings. The van der Waals surface area contributed by atoms with E-state index in [1.54, 1.807) is 9.47 Å². The van der Waals surface area contributed by atoms with Crippen LogP contribution in [0.3, 0.4) is 0 Å². The Morgan fingerprint density at radius 3 is 2.64 bits per heavy atom. The summed E-state index contributed by atoms with van der Waals surface area (Å²) in [6.07, 6.45) is 3.32. The van der Waals surface area contributed by atoms with E-state index in [9.17, 15) is 23.2 Å². The highest BCUT2D eigenvalue weighted by Crippen LogP contribution is 2.35. The molecular weight excluding hydrogens is 525 g/mol. The molecule has 0 aliphatic carbocycles. The van der Waals surface area contributed by atoms with E-state index < -0.39 is 23.0 Å². The van der Waals surface area contributed by atoms with Crippen LogP contribution in [0.1, 0.15) is 44.8 Å². The molecule has 11 heteroatoms. The number of nitrogens with one attached hydrogen (secondary N) is 1. The quantitative estimate of drug-likeness (QED) is 0.474. The average molecular weight is 555 g/mol. The van der Waals surface area contributed by atoms with Crippen molar-refractivity contribution in [2.45, 2.75) is 44.7 Å². The zero-order valence-corrected chi connectivity index (χ0v) is 22.7. The van der Waals surface area contributed by atoms with Gasteiger partial charge in [-0.2, -0.15) is 9.90 Å².